The minimum absolute atomic E-state index is 0.550. The average Bonchev–Trinajstić information content (AvgIpc) is 3.30. The quantitative estimate of drug-likeness (QED) is 0.570. The fourth-order valence-electron chi connectivity index (χ4n) is 9.41. The molecular formula is C26H44N4. The lowest BCUT2D eigenvalue weighted by atomic mass is 9.48. The molecule has 0 spiro atoms. The zero-order valence-electron chi connectivity index (χ0n) is 19.9. The van der Waals surface area contributed by atoms with Gasteiger partial charge < -0.3 is 0 Å². The Morgan fingerprint density at radius 3 is 2.63 bits per heavy atom. The van der Waals surface area contributed by atoms with Gasteiger partial charge in [0.15, 0.2) is 0 Å². The lowest BCUT2D eigenvalue weighted by Gasteiger charge is -2.57. The van der Waals surface area contributed by atoms with Gasteiger partial charge in [0, 0.05) is 6.54 Å². The molecule has 4 nitrogen and oxygen atoms in total. The Balaban J connectivity index is 1.28. The van der Waals surface area contributed by atoms with Crippen LogP contribution in [0.1, 0.15) is 97.2 Å². The third-order valence-electron chi connectivity index (χ3n) is 10.7. The number of aryl methyl sites for hydroxylation is 1. The molecule has 4 heteroatoms. The van der Waals surface area contributed by atoms with Gasteiger partial charge in [-0.25, -0.2) is 4.68 Å². The molecule has 0 amide bonds. The van der Waals surface area contributed by atoms with Crippen molar-refractivity contribution < 1.29 is 0 Å². The average molecular weight is 413 g/mol. The van der Waals surface area contributed by atoms with Crippen molar-refractivity contribution in [2.45, 2.75) is 105 Å². The smallest absolute Gasteiger partial charge is 0.148 e. The Morgan fingerprint density at radius 2 is 1.87 bits per heavy atom. The summed E-state index contributed by atoms with van der Waals surface area (Å²) in [6, 6.07) is 0. The molecule has 30 heavy (non-hydrogen) atoms. The minimum atomic E-state index is 0.550. The molecule has 4 aliphatic carbocycles. The molecule has 5 rings (SSSR count). The number of tetrazole rings is 1. The van der Waals surface area contributed by atoms with Crippen molar-refractivity contribution in [1.82, 2.24) is 20.2 Å². The third-order valence-corrected chi connectivity index (χ3v) is 10.7. The van der Waals surface area contributed by atoms with E-state index in [1.54, 1.807) is 19.3 Å². The van der Waals surface area contributed by atoms with Crippen molar-refractivity contribution >= 4 is 0 Å². The fourth-order valence-corrected chi connectivity index (χ4v) is 9.41. The number of hydrogen-bond donors (Lipinski definition) is 0. The van der Waals surface area contributed by atoms with Gasteiger partial charge in [-0.2, -0.15) is 0 Å². The highest BCUT2D eigenvalue weighted by Crippen LogP contribution is 2.65. The van der Waals surface area contributed by atoms with Crippen LogP contribution in [0.15, 0.2) is 0 Å². The number of fused-ring (bicyclic) bond motifs is 5. The minimum Gasteiger partial charge on any atom is -0.230 e. The van der Waals surface area contributed by atoms with Crippen molar-refractivity contribution in [3.8, 4) is 0 Å². The van der Waals surface area contributed by atoms with E-state index in [0.717, 1.165) is 53.8 Å². The van der Waals surface area contributed by atoms with Crippen molar-refractivity contribution in [2.75, 3.05) is 0 Å². The molecular weight excluding hydrogens is 368 g/mol. The zero-order valence-corrected chi connectivity index (χ0v) is 19.9. The normalized spacial score (nSPS) is 44.2. The molecule has 1 heterocycles. The van der Waals surface area contributed by atoms with Crippen LogP contribution in [-0.2, 0) is 6.54 Å². The summed E-state index contributed by atoms with van der Waals surface area (Å²) in [4.78, 5) is 0. The molecule has 0 bridgehead atoms. The maximum absolute atomic E-state index is 4.24. The molecule has 9 atom stereocenters. The topological polar surface area (TPSA) is 43.6 Å². The van der Waals surface area contributed by atoms with Gasteiger partial charge in [0.1, 0.15) is 5.82 Å². The molecule has 4 aliphatic rings. The Hall–Kier alpha value is -0.930. The number of nitrogens with zero attached hydrogens (tertiary/aromatic N) is 4. The van der Waals surface area contributed by atoms with E-state index in [1.165, 1.54) is 51.4 Å². The van der Waals surface area contributed by atoms with Crippen LogP contribution >= 0.6 is 0 Å². The predicted molar refractivity (Wildman–Crippen MR) is 121 cm³/mol. The van der Waals surface area contributed by atoms with Crippen LogP contribution < -0.4 is 0 Å². The molecule has 0 N–H and O–H groups in total. The highest BCUT2D eigenvalue weighted by Gasteiger charge is 2.57. The molecule has 0 radical (unpaired) electrons. The second-order valence-electron chi connectivity index (χ2n) is 12.0. The predicted octanol–water partition coefficient (Wildman–Crippen LogP) is 6.30. The van der Waals surface area contributed by atoms with E-state index in [0.29, 0.717) is 11.3 Å². The maximum atomic E-state index is 4.24. The van der Waals surface area contributed by atoms with Gasteiger partial charge in [0.25, 0.3) is 0 Å². The summed E-state index contributed by atoms with van der Waals surface area (Å²) < 4.78 is 2.03. The molecule has 4 fully saturated rings. The Labute approximate surface area is 184 Å². The monoisotopic (exact) mass is 412 g/mol. The molecule has 0 aliphatic heterocycles. The summed E-state index contributed by atoms with van der Waals surface area (Å²) in [7, 11) is 0. The Kier molecular flexibility index (Phi) is 5.73. The first-order valence-electron chi connectivity index (χ1n) is 13.2. The molecule has 4 saturated carbocycles. The van der Waals surface area contributed by atoms with E-state index in [-0.39, 0.29) is 0 Å². The molecule has 1 aromatic heterocycles. The summed E-state index contributed by atoms with van der Waals surface area (Å²) in [5, 5.41) is 12.2. The third kappa shape index (κ3) is 3.45. The van der Waals surface area contributed by atoms with Crippen LogP contribution in [0, 0.1) is 59.7 Å². The number of aromatic nitrogens is 4. The van der Waals surface area contributed by atoms with Gasteiger partial charge in [-0.15, -0.1) is 5.10 Å². The highest BCUT2D eigenvalue weighted by atomic mass is 15.5. The standard InChI is InChI=1S/C26H44N4/c1-5-6-19-7-9-21-20(15-19)8-10-23-22(21)13-14-26(4)24(11-12-25(23)26)17(2)16-30-18(3)27-28-29-30/h17,19-25H,5-16H2,1-4H3/t17-,19-,20?,21-,22?,23+,24?,25?,26+/m0/s1. The van der Waals surface area contributed by atoms with Crippen LogP contribution in [-0.4, -0.2) is 20.2 Å². The van der Waals surface area contributed by atoms with Gasteiger partial charge in [-0.3, -0.25) is 0 Å². The fraction of sp³-hybridized carbons (Fsp3) is 0.962. The maximum Gasteiger partial charge on any atom is 0.148 e. The second-order valence-corrected chi connectivity index (χ2v) is 12.0. The zero-order chi connectivity index (χ0) is 20.9. The van der Waals surface area contributed by atoms with E-state index in [9.17, 15) is 0 Å². The number of rotatable bonds is 5. The second kappa shape index (κ2) is 8.20. The first-order chi connectivity index (χ1) is 14.5. The van der Waals surface area contributed by atoms with Crippen LogP contribution in [0.4, 0.5) is 0 Å². The van der Waals surface area contributed by atoms with Gasteiger partial charge in [-0.05, 0) is 121 Å². The molecule has 1 aromatic rings. The highest BCUT2D eigenvalue weighted by molar-refractivity contribution is 5.06. The van der Waals surface area contributed by atoms with Crippen LogP contribution in [0.3, 0.4) is 0 Å². The first kappa shape index (κ1) is 20.9. The van der Waals surface area contributed by atoms with Gasteiger partial charge >= 0.3 is 0 Å². The van der Waals surface area contributed by atoms with Crippen molar-refractivity contribution in [1.29, 1.82) is 0 Å². The summed E-state index contributed by atoms with van der Waals surface area (Å²) in [6.45, 7) is 10.5. The largest absolute Gasteiger partial charge is 0.230 e. The van der Waals surface area contributed by atoms with Crippen molar-refractivity contribution in [2.24, 2.45) is 52.8 Å². The summed E-state index contributed by atoms with van der Waals surface area (Å²) >= 11 is 0. The number of hydrogen-bond acceptors (Lipinski definition) is 3. The SMILES string of the molecule is CCC[C@H]1CC[C@H]2C(CC[C@@H]3C2CC[C@@]2(C)C3CCC2[C@@H](C)Cn2nnnc2C)C1. The molecule has 0 saturated heterocycles. The van der Waals surface area contributed by atoms with Gasteiger partial charge in [-0.1, -0.05) is 40.0 Å². The van der Waals surface area contributed by atoms with Crippen molar-refractivity contribution in [3.63, 3.8) is 0 Å². The van der Waals surface area contributed by atoms with E-state index in [1.807, 2.05) is 11.6 Å². The molecule has 168 valence electrons. The lowest BCUT2D eigenvalue weighted by Crippen LogP contribution is -2.49. The van der Waals surface area contributed by atoms with E-state index in [2.05, 4.69) is 36.3 Å². The summed E-state index contributed by atoms with van der Waals surface area (Å²) in [5.74, 6) is 8.72. The molecule has 0 aromatic carbocycles. The summed E-state index contributed by atoms with van der Waals surface area (Å²) in [6.07, 6.45) is 16.5. The van der Waals surface area contributed by atoms with Crippen molar-refractivity contribution in [3.05, 3.63) is 5.82 Å². The summed E-state index contributed by atoms with van der Waals surface area (Å²) in [5.41, 5.74) is 0.550. The van der Waals surface area contributed by atoms with Gasteiger partial charge in [0.2, 0.25) is 0 Å². The van der Waals surface area contributed by atoms with E-state index < -0.39 is 0 Å². The Bertz CT molecular complexity index is 728. The van der Waals surface area contributed by atoms with Gasteiger partial charge in [0.05, 0.1) is 0 Å². The van der Waals surface area contributed by atoms with Crippen LogP contribution in [0.5, 0.6) is 0 Å². The van der Waals surface area contributed by atoms with E-state index >= 15 is 0 Å². The molecule has 4 unspecified atom stereocenters. The van der Waals surface area contributed by atoms with Crippen LogP contribution in [0.25, 0.3) is 0 Å². The van der Waals surface area contributed by atoms with Crippen LogP contribution in [0.2, 0.25) is 0 Å². The van der Waals surface area contributed by atoms with E-state index in [4.69, 9.17) is 0 Å². The Morgan fingerprint density at radius 1 is 1.03 bits per heavy atom. The lowest BCUT2D eigenvalue weighted by molar-refractivity contribution is -0.0749. The first-order valence-corrected chi connectivity index (χ1v) is 13.2.